The molecule has 0 aliphatic rings. The van der Waals surface area contributed by atoms with Gasteiger partial charge in [-0.25, -0.2) is 0 Å². The van der Waals surface area contributed by atoms with Crippen molar-refractivity contribution in [2.45, 2.75) is 13.3 Å². The van der Waals surface area contributed by atoms with E-state index < -0.39 is 0 Å². The van der Waals surface area contributed by atoms with E-state index in [1.165, 1.54) is 0 Å². The van der Waals surface area contributed by atoms with Crippen LogP contribution >= 0.6 is 12.2 Å². The lowest BCUT2D eigenvalue weighted by Gasteiger charge is -2.11. The van der Waals surface area contributed by atoms with Crippen molar-refractivity contribution in [3.05, 3.63) is 60.2 Å². The number of hydrogen-bond donors (Lipinski definition) is 3. The van der Waals surface area contributed by atoms with Gasteiger partial charge in [0.1, 0.15) is 0 Å². The van der Waals surface area contributed by atoms with Gasteiger partial charge in [0.25, 0.3) is 0 Å². The first-order valence-electron chi connectivity index (χ1n) is 7.16. The van der Waals surface area contributed by atoms with Crippen LogP contribution in [0.2, 0.25) is 0 Å². The molecule has 0 atom stereocenters. The van der Waals surface area contributed by atoms with E-state index in [0.717, 1.165) is 23.5 Å². The van der Waals surface area contributed by atoms with Crippen LogP contribution in [0.3, 0.4) is 0 Å². The number of carbonyl (C=O) groups is 1. The van der Waals surface area contributed by atoms with Crippen molar-refractivity contribution in [1.82, 2.24) is 5.32 Å². The van der Waals surface area contributed by atoms with E-state index in [1.807, 2.05) is 61.5 Å². The molecule has 2 aromatic rings. The standard InChI is InChI=1S/C17H19N3OS/c1-2-18-17(22)20-15-10-6-9-14(12-15)19-16(21)11-13-7-4-3-5-8-13/h3-10,12H,2,11H2,1H3,(H,19,21)(H2,18,20,22). The summed E-state index contributed by atoms with van der Waals surface area (Å²) in [4.78, 5) is 12.0. The van der Waals surface area contributed by atoms with Crippen molar-refractivity contribution in [3.8, 4) is 0 Å². The molecule has 22 heavy (non-hydrogen) atoms. The maximum atomic E-state index is 12.0. The van der Waals surface area contributed by atoms with Crippen molar-refractivity contribution >= 4 is 34.6 Å². The summed E-state index contributed by atoms with van der Waals surface area (Å²) in [6.45, 7) is 2.74. The normalized spacial score (nSPS) is 9.86. The minimum atomic E-state index is -0.0439. The van der Waals surface area contributed by atoms with Gasteiger partial charge >= 0.3 is 0 Å². The number of nitrogens with one attached hydrogen (secondary N) is 3. The summed E-state index contributed by atoms with van der Waals surface area (Å²) in [5, 5.41) is 9.55. The zero-order valence-corrected chi connectivity index (χ0v) is 13.2. The largest absolute Gasteiger partial charge is 0.363 e. The summed E-state index contributed by atoms with van der Waals surface area (Å²) in [6.07, 6.45) is 0.355. The van der Waals surface area contributed by atoms with Crippen LogP contribution in [0.1, 0.15) is 12.5 Å². The van der Waals surface area contributed by atoms with Crippen molar-refractivity contribution in [3.63, 3.8) is 0 Å². The van der Waals surface area contributed by atoms with E-state index >= 15 is 0 Å². The molecule has 2 rings (SSSR count). The van der Waals surface area contributed by atoms with E-state index in [1.54, 1.807) is 0 Å². The van der Waals surface area contributed by atoms with Gasteiger partial charge in [0, 0.05) is 17.9 Å². The molecule has 0 aliphatic heterocycles. The molecule has 2 aromatic carbocycles. The van der Waals surface area contributed by atoms with Crippen LogP contribution in [0.4, 0.5) is 11.4 Å². The molecule has 0 fully saturated rings. The average Bonchev–Trinajstić information content (AvgIpc) is 2.48. The molecule has 0 bridgehead atoms. The average molecular weight is 313 g/mol. The van der Waals surface area contributed by atoms with Gasteiger partial charge in [-0.3, -0.25) is 4.79 Å². The second kappa shape index (κ2) is 8.14. The number of hydrogen-bond acceptors (Lipinski definition) is 2. The molecular weight excluding hydrogens is 294 g/mol. The minimum Gasteiger partial charge on any atom is -0.363 e. The number of amides is 1. The first-order chi connectivity index (χ1) is 10.7. The van der Waals surface area contributed by atoms with Crippen LogP contribution in [-0.4, -0.2) is 17.6 Å². The van der Waals surface area contributed by atoms with Crippen molar-refractivity contribution in [1.29, 1.82) is 0 Å². The predicted molar refractivity (Wildman–Crippen MR) is 95.1 cm³/mol. The summed E-state index contributed by atoms with van der Waals surface area (Å²) >= 11 is 5.14. The van der Waals surface area contributed by atoms with E-state index in [0.29, 0.717) is 11.5 Å². The third-order valence-corrected chi connectivity index (χ3v) is 3.20. The van der Waals surface area contributed by atoms with Crippen molar-refractivity contribution in [2.24, 2.45) is 0 Å². The third kappa shape index (κ3) is 5.18. The molecule has 3 N–H and O–H groups in total. The molecule has 0 saturated heterocycles. The van der Waals surface area contributed by atoms with E-state index in [4.69, 9.17) is 12.2 Å². The lowest BCUT2D eigenvalue weighted by molar-refractivity contribution is -0.115. The van der Waals surface area contributed by atoms with E-state index in [-0.39, 0.29) is 5.91 Å². The number of thiocarbonyl (C=S) groups is 1. The van der Waals surface area contributed by atoms with Crippen molar-refractivity contribution < 1.29 is 4.79 Å². The zero-order chi connectivity index (χ0) is 15.8. The summed E-state index contributed by atoms with van der Waals surface area (Å²) in [5.41, 5.74) is 2.57. The highest BCUT2D eigenvalue weighted by Gasteiger charge is 2.05. The fraction of sp³-hybridized carbons (Fsp3) is 0.176. The first-order valence-corrected chi connectivity index (χ1v) is 7.57. The quantitative estimate of drug-likeness (QED) is 0.742. The van der Waals surface area contributed by atoms with Crippen LogP contribution in [-0.2, 0) is 11.2 Å². The highest BCUT2D eigenvalue weighted by molar-refractivity contribution is 7.80. The Bertz CT molecular complexity index is 643. The van der Waals surface area contributed by atoms with Gasteiger partial charge in [-0.15, -0.1) is 0 Å². The van der Waals surface area contributed by atoms with E-state index in [2.05, 4.69) is 16.0 Å². The van der Waals surface area contributed by atoms with E-state index in [9.17, 15) is 4.79 Å². The molecule has 0 heterocycles. The maximum Gasteiger partial charge on any atom is 0.228 e. The smallest absolute Gasteiger partial charge is 0.228 e. The number of benzene rings is 2. The zero-order valence-electron chi connectivity index (χ0n) is 12.4. The number of rotatable bonds is 5. The van der Waals surface area contributed by atoms with Crippen LogP contribution in [0.5, 0.6) is 0 Å². The Morgan fingerprint density at radius 1 is 1.00 bits per heavy atom. The first kappa shape index (κ1) is 16.0. The Kier molecular flexibility index (Phi) is 5.91. The Morgan fingerprint density at radius 2 is 1.68 bits per heavy atom. The van der Waals surface area contributed by atoms with Crippen LogP contribution in [0.25, 0.3) is 0 Å². The molecule has 0 aromatic heterocycles. The van der Waals surface area contributed by atoms with Crippen LogP contribution < -0.4 is 16.0 Å². The number of carbonyl (C=O) groups excluding carboxylic acids is 1. The van der Waals surface area contributed by atoms with Gasteiger partial charge < -0.3 is 16.0 Å². The molecular formula is C17H19N3OS. The summed E-state index contributed by atoms with van der Waals surface area (Å²) < 4.78 is 0. The Hall–Kier alpha value is -2.40. The number of anilines is 2. The molecule has 4 nitrogen and oxygen atoms in total. The molecule has 1 amide bonds. The maximum absolute atomic E-state index is 12.0. The molecule has 0 saturated carbocycles. The Morgan fingerprint density at radius 3 is 2.36 bits per heavy atom. The fourth-order valence-corrected chi connectivity index (χ4v) is 2.26. The lowest BCUT2D eigenvalue weighted by Crippen LogP contribution is -2.27. The molecule has 114 valence electrons. The summed E-state index contributed by atoms with van der Waals surface area (Å²) in [5.74, 6) is -0.0439. The van der Waals surface area contributed by atoms with Gasteiger partial charge in [-0.05, 0) is 42.9 Å². The van der Waals surface area contributed by atoms with Gasteiger partial charge in [-0.2, -0.15) is 0 Å². The van der Waals surface area contributed by atoms with Crippen molar-refractivity contribution in [2.75, 3.05) is 17.2 Å². The Labute approximate surface area is 135 Å². The van der Waals surface area contributed by atoms with Gasteiger partial charge in [-0.1, -0.05) is 36.4 Å². The second-order valence-electron chi connectivity index (χ2n) is 4.78. The molecule has 0 unspecified atom stereocenters. The monoisotopic (exact) mass is 313 g/mol. The Balaban J connectivity index is 1.95. The minimum absolute atomic E-state index is 0.0439. The highest BCUT2D eigenvalue weighted by atomic mass is 32.1. The second-order valence-corrected chi connectivity index (χ2v) is 5.18. The van der Waals surface area contributed by atoms with Gasteiger partial charge in [0.05, 0.1) is 6.42 Å². The summed E-state index contributed by atoms with van der Waals surface area (Å²) in [7, 11) is 0. The highest BCUT2D eigenvalue weighted by Crippen LogP contribution is 2.15. The summed E-state index contributed by atoms with van der Waals surface area (Å²) in [6, 6.07) is 17.1. The lowest BCUT2D eigenvalue weighted by atomic mass is 10.1. The predicted octanol–water partition coefficient (Wildman–Crippen LogP) is 3.17. The SMILES string of the molecule is CCNC(=S)Nc1cccc(NC(=O)Cc2ccccc2)c1. The van der Waals surface area contributed by atoms with Gasteiger partial charge in [0.2, 0.25) is 5.91 Å². The fourth-order valence-electron chi connectivity index (χ4n) is 2.00. The molecule has 0 spiro atoms. The molecule has 5 heteroatoms. The molecule has 0 radical (unpaired) electrons. The van der Waals surface area contributed by atoms with Gasteiger partial charge in [0.15, 0.2) is 5.11 Å². The van der Waals surface area contributed by atoms with Crippen LogP contribution in [0, 0.1) is 0 Å². The topological polar surface area (TPSA) is 53.2 Å². The van der Waals surface area contributed by atoms with Crippen LogP contribution in [0.15, 0.2) is 54.6 Å². The molecule has 0 aliphatic carbocycles. The third-order valence-electron chi connectivity index (χ3n) is 2.95.